The molecule has 0 unspecified atom stereocenters. The fraction of sp³-hybridized carbons (Fsp3) is 0.467. The van der Waals surface area contributed by atoms with E-state index in [4.69, 9.17) is 10.3 Å². The molecule has 5 heteroatoms. The molecule has 1 aliphatic heterocycles. The van der Waals surface area contributed by atoms with Crippen LogP contribution in [0.25, 0.3) is 11.4 Å². The molecule has 0 spiro atoms. The summed E-state index contributed by atoms with van der Waals surface area (Å²) in [5.41, 5.74) is 8.98. The summed E-state index contributed by atoms with van der Waals surface area (Å²) in [5, 5.41) is 4.04. The number of hydrogen-bond acceptors (Lipinski definition) is 5. The van der Waals surface area contributed by atoms with Crippen LogP contribution in [-0.4, -0.2) is 23.7 Å². The predicted molar refractivity (Wildman–Crippen MR) is 78.5 cm³/mol. The highest BCUT2D eigenvalue weighted by atomic mass is 16.5. The van der Waals surface area contributed by atoms with Gasteiger partial charge in [0.2, 0.25) is 11.7 Å². The Balaban J connectivity index is 1.97. The first kappa shape index (κ1) is 13.1. The number of benzene rings is 1. The van der Waals surface area contributed by atoms with Crippen molar-refractivity contribution in [3.63, 3.8) is 0 Å². The topological polar surface area (TPSA) is 68.2 Å². The molecule has 0 fully saturated rings. The standard InChI is InChI=1S/C15H20N4O/c1-15(2,16)14-17-13(18-20-14)11-6-7-12-10(9-11)5-4-8-19(12)3/h6-7,9H,4-5,8,16H2,1-3H3. The molecular weight excluding hydrogens is 252 g/mol. The SMILES string of the molecule is CN1CCCc2cc(-c3noc(C(C)(C)N)n3)ccc21. The Kier molecular flexibility index (Phi) is 3.01. The van der Waals surface area contributed by atoms with Crippen LogP contribution in [-0.2, 0) is 12.0 Å². The molecule has 0 saturated heterocycles. The number of nitrogens with zero attached hydrogens (tertiary/aromatic N) is 3. The second kappa shape index (κ2) is 4.59. The molecule has 0 bridgehead atoms. The molecule has 1 aromatic carbocycles. The molecule has 1 aliphatic rings. The smallest absolute Gasteiger partial charge is 0.246 e. The van der Waals surface area contributed by atoms with E-state index >= 15 is 0 Å². The average Bonchev–Trinajstić information content (AvgIpc) is 2.88. The predicted octanol–water partition coefficient (Wildman–Crippen LogP) is 2.31. The van der Waals surface area contributed by atoms with Gasteiger partial charge in [-0.15, -0.1) is 0 Å². The Hall–Kier alpha value is -1.88. The number of nitrogens with two attached hydrogens (primary N) is 1. The van der Waals surface area contributed by atoms with Crippen LogP contribution >= 0.6 is 0 Å². The van der Waals surface area contributed by atoms with Crippen LogP contribution in [0.3, 0.4) is 0 Å². The Morgan fingerprint density at radius 1 is 1.35 bits per heavy atom. The summed E-state index contributed by atoms with van der Waals surface area (Å²) in [6.45, 7) is 4.82. The van der Waals surface area contributed by atoms with Crippen LogP contribution in [0.2, 0.25) is 0 Å². The number of aromatic nitrogens is 2. The van der Waals surface area contributed by atoms with Crippen molar-refractivity contribution in [3.05, 3.63) is 29.7 Å². The molecule has 20 heavy (non-hydrogen) atoms. The molecule has 5 nitrogen and oxygen atoms in total. The first-order valence-electron chi connectivity index (χ1n) is 6.92. The Labute approximate surface area is 118 Å². The van der Waals surface area contributed by atoms with Gasteiger partial charge in [-0.05, 0) is 50.5 Å². The van der Waals surface area contributed by atoms with Crippen LogP contribution in [0.15, 0.2) is 22.7 Å². The first-order chi connectivity index (χ1) is 9.45. The van der Waals surface area contributed by atoms with Gasteiger partial charge >= 0.3 is 0 Å². The lowest BCUT2D eigenvalue weighted by atomic mass is 9.99. The lowest BCUT2D eigenvalue weighted by Crippen LogP contribution is -2.29. The maximum Gasteiger partial charge on any atom is 0.246 e. The molecule has 2 aromatic rings. The minimum atomic E-state index is -0.611. The van der Waals surface area contributed by atoms with Crippen molar-refractivity contribution in [1.29, 1.82) is 0 Å². The Bertz CT molecular complexity index is 627. The molecule has 0 atom stereocenters. The van der Waals surface area contributed by atoms with Crippen molar-refractivity contribution in [3.8, 4) is 11.4 Å². The van der Waals surface area contributed by atoms with Crippen molar-refractivity contribution in [1.82, 2.24) is 10.1 Å². The van der Waals surface area contributed by atoms with E-state index in [0.29, 0.717) is 11.7 Å². The van der Waals surface area contributed by atoms with Gasteiger partial charge < -0.3 is 15.2 Å². The number of anilines is 1. The number of hydrogen-bond donors (Lipinski definition) is 1. The van der Waals surface area contributed by atoms with Crippen molar-refractivity contribution in [2.75, 3.05) is 18.5 Å². The Morgan fingerprint density at radius 3 is 2.85 bits per heavy atom. The quantitative estimate of drug-likeness (QED) is 0.908. The third-order valence-electron chi connectivity index (χ3n) is 3.67. The fourth-order valence-corrected chi connectivity index (χ4v) is 2.53. The largest absolute Gasteiger partial charge is 0.374 e. The summed E-state index contributed by atoms with van der Waals surface area (Å²) in [6.07, 6.45) is 2.28. The van der Waals surface area contributed by atoms with Crippen LogP contribution in [0.4, 0.5) is 5.69 Å². The molecular formula is C15H20N4O. The summed E-state index contributed by atoms with van der Waals surface area (Å²) in [6, 6.07) is 6.33. The summed E-state index contributed by atoms with van der Waals surface area (Å²) >= 11 is 0. The first-order valence-corrected chi connectivity index (χ1v) is 6.92. The zero-order chi connectivity index (χ0) is 14.3. The molecule has 0 amide bonds. The van der Waals surface area contributed by atoms with Gasteiger partial charge in [0.05, 0.1) is 5.54 Å². The highest BCUT2D eigenvalue weighted by Gasteiger charge is 2.23. The summed E-state index contributed by atoms with van der Waals surface area (Å²) in [5.74, 6) is 1.07. The van der Waals surface area contributed by atoms with E-state index in [1.165, 1.54) is 17.7 Å². The summed E-state index contributed by atoms with van der Waals surface area (Å²) < 4.78 is 5.25. The molecule has 106 valence electrons. The zero-order valence-corrected chi connectivity index (χ0v) is 12.2. The maximum atomic E-state index is 5.97. The van der Waals surface area contributed by atoms with Crippen LogP contribution in [0, 0.1) is 0 Å². The van der Waals surface area contributed by atoms with Gasteiger partial charge in [0.25, 0.3) is 0 Å². The van der Waals surface area contributed by atoms with E-state index in [1.807, 2.05) is 19.9 Å². The third-order valence-corrected chi connectivity index (χ3v) is 3.67. The van der Waals surface area contributed by atoms with Gasteiger partial charge in [-0.3, -0.25) is 0 Å². The number of rotatable bonds is 2. The van der Waals surface area contributed by atoms with Gasteiger partial charge in [-0.2, -0.15) is 4.98 Å². The van der Waals surface area contributed by atoms with Gasteiger partial charge in [-0.1, -0.05) is 5.16 Å². The molecule has 2 heterocycles. The van der Waals surface area contributed by atoms with E-state index < -0.39 is 5.54 Å². The second-order valence-corrected chi connectivity index (χ2v) is 6.01. The van der Waals surface area contributed by atoms with Gasteiger partial charge in [0.15, 0.2) is 0 Å². The molecule has 0 radical (unpaired) electrons. The lowest BCUT2D eigenvalue weighted by molar-refractivity contribution is 0.312. The minimum Gasteiger partial charge on any atom is -0.374 e. The minimum absolute atomic E-state index is 0.460. The van der Waals surface area contributed by atoms with E-state index in [9.17, 15) is 0 Å². The van der Waals surface area contributed by atoms with Crippen LogP contribution < -0.4 is 10.6 Å². The number of fused-ring (bicyclic) bond motifs is 1. The van der Waals surface area contributed by atoms with E-state index in [2.05, 4.69) is 34.2 Å². The number of aryl methyl sites for hydroxylation is 1. The van der Waals surface area contributed by atoms with Crippen molar-refractivity contribution in [2.45, 2.75) is 32.2 Å². The Morgan fingerprint density at radius 2 is 2.15 bits per heavy atom. The monoisotopic (exact) mass is 272 g/mol. The lowest BCUT2D eigenvalue weighted by Gasteiger charge is -2.27. The van der Waals surface area contributed by atoms with Crippen molar-refractivity contribution < 1.29 is 4.52 Å². The highest BCUT2D eigenvalue weighted by molar-refractivity contribution is 5.65. The summed E-state index contributed by atoms with van der Waals surface area (Å²) in [7, 11) is 2.13. The van der Waals surface area contributed by atoms with Gasteiger partial charge in [0.1, 0.15) is 0 Å². The van der Waals surface area contributed by atoms with Gasteiger partial charge in [-0.25, -0.2) is 0 Å². The average molecular weight is 272 g/mol. The molecule has 2 N–H and O–H groups in total. The fourth-order valence-electron chi connectivity index (χ4n) is 2.53. The highest BCUT2D eigenvalue weighted by Crippen LogP contribution is 2.30. The molecule has 1 aromatic heterocycles. The molecule has 3 rings (SSSR count). The molecule has 0 saturated carbocycles. The van der Waals surface area contributed by atoms with E-state index in [0.717, 1.165) is 18.5 Å². The van der Waals surface area contributed by atoms with Gasteiger partial charge in [0, 0.05) is 24.8 Å². The third kappa shape index (κ3) is 2.29. The van der Waals surface area contributed by atoms with E-state index in [-0.39, 0.29) is 0 Å². The van der Waals surface area contributed by atoms with E-state index in [1.54, 1.807) is 0 Å². The second-order valence-electron chi connectivity index (χ2n) is 6.01. The normalized spacial score (nSPS) is 15.3. The maximum absolute atomic E-state index is 5.97. The summed E-state index contributed by atoms with van der Waals surface area (Å²) in [4.78, 5) is 6.69. The van der Waals surface area contributed by atoms with Crippen molar-refractivity contribution in [2.24, 2.45) is 5.73 Å². The molecule has 0 aliphatic carbocycles. The van der Waals surface area contributed by atoms with Crippen LogP contribution in [0.1, 0.15) is 31.7 Å². The van der Waals surface area contributed by atoms with Crippen molar-refractivity contribution >= 4 is 5.69 Å². The van der Waals surface area contributed by atoms with Crippen LogP contribution in [0.5, 0.6) is 0 Å². The zero-order valence-electron chi connectivity index (χ0n) is 12.2.